The van der Waals surface area contributed by atoms with E-state index in [0.29, 0.717) is 12.5 Å². The molecule has 120 valence electrons. The van der Waals surface area contributed by atoms with Gasteiger partial charge in [0, 0.05) is 24.7 Å². The van der Waals surface area contributed by atoms with E-state index >= 15 is 0 Å². The second-order valence-electron chi connectivity index (χ2n) is 6.90. The van der Waals surface area contributed by atoms with Gasteiger partial charge < -0.3 is 10.6 Å². The highest BCUT2D eigenvalue weighted by Crippen LogP contribution is 2.43. The van der Waals surface area contributed by atoms with Gasteiger partial charge in [0.25, 0.3) is 0 Å². The van der Waals surface area contributed by atoms with Crippen LogP contribution in [0, 0.1) is 11.3 Å². The number of benzene rings is 1. The Morgan fingerprint density at radius 2 is 2.22 bits per heavy atom. The highest BCUT2D eigenvalue weighted by molar-refractivity contribution is 5.85. The van der Waals surface area contributed by atoms with Gasteiger partial charge in [0.2, 0.25) is 5.91 Å². The molecule has 1 saturated heterocycles. The molecule has 1 aliphatic heterocycles. The normalized spacial score (nSPS) is 26.9. The van der Waals surface area contributed by atoms with Crippen LogP contribution in [0.3, 0.4) is 0 Å². The van der Waals surface area contributed by atoms with E-state index < -0.39 is 0 Å². The van der Waals surface area contributed by atoms with Crippen molar-refractivity contribution in [3.63, 3.8) is 0 Å². The molecule has 2 aliphatic rings. The van der Waals surface area contributed by atoms with Gasteiger partial charge in [0.15, 0.2) is 0 Å². The number of hydrogen-bond donors (Lipinski definition) is 2. The first-order chi connectivity index (χ1) is 11.3. The minimum Gasteiger partial charge on any atom is -0.351 e. The fourth-order valence-corrected chi connectivity index (χ4v) is 4.35. The molecule has 4 rings (SSSR count). The zero-order valence-corrected chi connectivity index (χ0v) is 13.3. The molecule has 1 aromatic carbocycles. The first-order valence-electron chi connectivity index (χ1n) is 8.61. The van der Waals surface area contributed by atoms with Crippen molar-refractivity contribution in [1.82, 2.24) is 15.6 Å². The van der Waals surface area contributed by atoms with E-state index in [-0.39, 0.29) is 11.3 Å². The molecule has 23 heavy (non-hydrogen) atoms. The Kier molecular flexibility index (Phi) is 3.77. The molecule has 2 aromatic rings. The van der Waals surface area contributed by atoms with Crippen LogP contribution in [0.2, 0.25) is 0 Å². The highest BCUT2D eigenvalue weighted by atomic mass is 16.2. The van der Waals surface area contributed by atoms with Crippen LogP contribution in [0.15, 0.2) is 36.5 Å². The summed E-state index contributed by atoms with van der Waals surface area (Å²) >= 11 is 0. The van der Waals surface area contributed by atoms with Crippen LogP contribution < -0.4 is 10.6 Å². The number of nitrogens with zero attached hydrogens (tertiary/aromatic N) is 1. The van der Waals surface area contributed by atoms with Gasteiger partial charge in [0.1, 0.15) is 0 Å². The fraction of sp³-hybridized carbons (Fsp3) is 0.474. The monoisotopic (exact) mass is 309 g/mol. The number of aromatic nitrogens is 1. The van der Waals surface area contributed by atoms with Crippen LogP contribution in [0.25, 0.3) is 10.9 Å². The topological polar surface area (TPSA) is 54.0 Å². The molecule has 2 fully saturated rings. The lowest BCUT2D eigenvalue weighted by Crippen LogP contribution is -2.47. The average Bonchev–Trinajstić information content (AvgIpc) is 3.05. The molecule has 0 bridgehead atoms. The molecule has 0 spiro atoms. The Balaban J connectivity index is 1.53. The van der Waals surface area contributed by atoms with E-state index in [1.165, 1.54) is 19.3 Å². The first kappa shape index (κ1) is 14.6. The quantitative estimate of drug-likeness (QED) is 0.916. The zero-order valence-electron chi connectivity index (χ0n) is 13.3. The number of hydrogen-bond acceptors (Lipinski definition) is 3. The molecule has 1 aliphatic carbocycles. The van der Waals surface area contributed by atoms with E-state index in [9.17, 15) is 4.79 Å². The second kappa shape index (κ2) is 5.93. The number of amides is 1. The number of nitrogens with one attached hydrogen (secondary N) is 2. The second-order valence-corrected chi connectivity index (χ2v) is 6.90. The summed E-state index contributed by atoms with van der Waals surface area (Å²) in [5.41, 5.74) is 1.89. The van der Waals surface area contributed by atoms with Crippen LogP contribution in [0.1, 0.15) is 31.2 Å². The van der Waals surface area contributed by atoms with Crippen LogP contribution in [-0.2, 0) is 11.3 Å². The smallest absolute Gasteiger partial charge is 0.228 e. The molecule has 2 N–H and O–H groups in total. The molecular weight excluding hydrogens is 286 g/mol. The Hall–Kier alpha value is -1.94. The molecule has 2 heterocycles. The lowest BCUT2D eigenvalue weighted by molar-refractivity contribution is -0.134. The van der Waals surface area contributed by atoms with E-state index in [2.05, 4.69) is 33.8 Å². The van der Waals surface area contributed by atoms with Gasteiger partial charge in [-0.3, -0.25) is 9.78 Å². The summed E-state index contributed by atoms with van der Waals surface area (Å²) in [6.45, 7) is 2.38. The van der Waals surface area contributed by atoms with Crippen LogP contribution in [-0.4, -0.2) is 24.0 Å². The third-order valence-electron chi connectivity index (χ3n) is 5.65. The Labute approximate surface area is 136 Å². The third-order valence-corrected chi connectivity index (χ3v) is 5.65. The lowest BCUT2D eigenvalue weighted by Gasteiger charge is -2.37. The number of fused-ring (bicyclic) bond motifs is 2. The average molecular weight is 309 g/mol. The summed E-state index contributed by atoms with van der Waals surface area (Å²) in [6, 6.07) is 10.2. The van der Waals surface area contributed by atoms with Gasteiger partial charge >= 0.3 is 0 Å². The number of carbonyl (C=O) groups excluding carboxylic acids is 1. The van der Waals surface area contributed by atoms with Gasteiger partial charge in [-0.1, -0.05) is 37.1 Å². The van der Waals surface area contributed by atoms with E-state index in [1.807, 2.05) is 18.3 Å². The largest absolute Gasteiger partial charge is 0.351 e. The van der Waals surface area contributed by atoms with Gasteiger partial charge in [-0.05, 0) is 36.9 Å². The molecule has 4 nitrogen and oxygen atoms in total. The van der Waals surface area contributed by atoms with E-state index in [0.717, 1.165) is 36.0 Å². The summed E-state index contributed by atoms with van der Waals surface area (Å²) in [7, 11) is 0. The van der Waals surface area contributed by atoms with Crippen LogP contribution in [0.5, 0.6) is 0 Å². The molecule has 1 amide bonds. The maximum atomic E-state index is 12.9. The standard InChI is InChI=1S/C19H23N3O/c23-18(19-9-2-1-8-16(19)12-20-13-19)22-11-15-6-3-5-14-7-4-10-21-17(14)15/h3-7,10,16,20H,1-2,8-9,11-13H2,(H,22,23)/t16-,19+/m0/s1. The lowest BCUT2D eigenvalue weighted by atomic mass is 9.67. The zero-order chi connectivity index (χ0) is 15.7. The van der Waals surface area contributed by atoms with Crippen molar-refractivity contribution in [3.8, 4) is 0 Å². The highest BCUT2D eigenvalue weighted by Gasteiger charge is 2.49. The minimum atomic E-state index is -0.184. The predicted octanol–water partition coefficient (Wildman–Crippen LogP) is 2.63. The van der Waals surface area contributed by atoms with Crippen molar-refractivity contribution in [3.05, 3.63) is 42.1 Å². The molecule has 0 radical (unpaired) electrons. The van der Waals surface area contributed by atoms with Gasteiger partial charge in [-0.2, -0.15) is 0 Å². The number of carbonyl (C=O) groups is 1. The summed E-state index contributed by atoms with van der Waals surface area (Å²) in [4.78, 5) is 17.4. The molecular formula is C19H23N3O. The first-order valence-corrected chi connectivity index (χ1v) is 8.61. The van der Waals surface area contributed by atoms with Crippen LogP contribution in [0.4, 0.5) is 0 Å². The Bertz CT molecular complexity index is 724. The van der Waals surface area contributed by atoms with Crippen LogP contribution >= 0.6 is 0 Å². The number of rotatable bonds is 3. The summed E-state index contributed by atoms with van der Waals surface area (Å²) in [5.74, 6) is 0.724. The van der Waals surface area contributed by atoms with Crippen molar-refractivity contribution in [2.45, 2.75) is 32.2 Å². The molecule has 0 unspecified atom stereocenters. The summed E-state index contributed by atoms with van der Waals surface area (Å²) in [6.07, 6.45) is 6.43. The maximum absolute atomic E-state index is 12.9. The maximum Gasteiger partial charge on any atom is 0.228 e. The fourth-order valence-electron chi connectivity index (χ4n) is 4.35. The van der Waals surface area contributed by atoms with Crippen molar-refractivity contribution >= 4 is 16.8 Å². The third kappa shape index (κ3) is 2.51. The molecule has 1 aromatic heterocycles. The van der Waals surface area contributed by atoms with Gasteiger partial charge in [-0.25, -0.2) is 0 Å². The number of para-hydroxylation sites is 1. The molecule has 1 saturated carbocycles. The van der Waals surface area contributed by atoms with Gasteiger partial charge in [-0.15, -0.1) is 0 Å². The van der Waals surface area contributed by atoms with Gasteiger partial charge in [0.05, 0.1) is 10.9 Å². The molecule has 2 atom stereocenters. The Morgan fingerprint density at radius 1 is 1.30 bits per heavy atom. The van der Waals surface area contributed by atoms with Crippen molar-refractivity contribution in [2.24, 2.45) is 11.3 Å². The summed E-state index contributed by atoms with van der Waals surface area (Å²) < 4.78 is 0. The molecule has 4 heteroatoms. The van der Waals surface area contributed by atoms with Crippen molar-refractivity contribution < 1.29 is 4.79 Å². The van der Waals surface area contributed by atoms with E-state index in [4.69, 9.17) is 0 Å². The predicted molar refractivity (Wildman–Crippen MR) is 90.9 cm³/mol. The van der Waals surface area contributed by atoms with E-state index in [1.54, 1.807) is 0 Å². The summed E-state index contributed by atoms with van der Waals surface area (Å²) in [5, 5.41) is 7.77. The number of pyridine rings is 1. The Morgan fingerprint density at radius 3 is 3.17 bits per heavy atom. The minimum absolute atomic E-state index is 0.184. The van der Waals surface area contributed by atoms with Crippen molar-refractivity contribution in [2.75, 3.05) is 13.1 Å². The van der Waals surface area contributed by atoms with Crippen molar-refractivity contribution in [1.29, 1.82) is 0 Å². The SMILES string of the molecule is O=C(NCc1cccc2cccnc12)[C@@]12CCCC[C@H]1CNC2.